The number of esters is 1. The topological polar surface area (TPSA) is 100 Å². The van der Waals surface area contributed by atoms with E-state index in [2.05, 4.69) is 9.72 Å². The van der Waals surface area contributed by atoms with E-state index in [1.54, 1.807) is 6.92 Å². The third-order valence-corrected chi connectivity index (χ3v) is 4.12. The van der Waals surface area contributed by atoms with Crippen molar-refractivity contribution >= 4 is 17.6 Å². The molecule has 2 aromatic rings. The third-order valence-electron chi connectivity index (χ3n) is 4.12. The van der Waals surface area contributed by atoms with Crippen LogP contribution in [0.15, 0.2) is 10.6 Å². The lowest BCUT2D eigenvalue weighted by Gasteiger charge is -2.07. The molecule has 0 amide bonds. The minimum absolute atomic E-state index is 0.0706. The zero-order valence-electron chi connectivity index (χ0n) is 13.4. The third kappa shape index (κ3) is 2.74. The monoisotopic (exact) mass is 317 g/mol. The van der Waals surface area contributed by atoms with E-state index in [-0.39, 0.29) is 23.8 Å². The van der Waals surface area contributed by atoms with E-state index in [4.69, 9.17) is 15.0 Å². The smallest absolute Gasteiger partial charge is 0.346 e. The summed E-state index contributed by atoms with van der Waals surface area (Å²) in [4.78, 5) is 24.4. The summed E-state index contributed by atoms with van der Waals surface area (Å²) in [5.41, 5.74) is 8.51. The van der Waals surface area contributed by atoms with Crippen LogP contribution < -0.4 is 5.73 Å². The second-order valence-corrected chi connectivity index (χ2v) is 5.89. The molecule has 1 fully saturated rings. The highest BCUT2D eigenvalue weighted by atomic mass is 16.5. The van der Waals surface area contributed by atoms with Gasteiger partial charge in [-0.2, -0.15) is 0 Å². The molecule has 7 heteroatoms. The summed E-state index contributed by atoms with van der Waals surface area (Å²) < 4.78 is 12.0. The molecule has 0 saturated heterocycles. The number of hydrogen-bond donors (Lipinski definition) is 1. The molecule has 7 nitrogen and oxygen atoms in total. The Kier molecular flexibility index (Phi) is 3.71. The van der Waals surface area contributed by atoms with Gasteiger partial charge in [-0.15, -0.1) is 0 Å². The van der Waals surface area contributed by atoms with Crippen molar-refractivity contribution in [2.24, 2.45) is 0 Å². The number of nitrogens with two attached hydrogens (primary N) is 1. The summed E-state index contributed by atoms with van der Waals surface area (Å²) in [5, 5.41) is 3.59. The van der Waals surface area contributed by atoms with E-state index in [1.165, 1.54) is 0 Å². The van der Waals surface area contributed by atoms with Gasteiger partial charge in [-0.3, -0.25) is 4.79 Å². The molecule has 0 spiro atoms. The molecule has 0 unspecified atom stereocenters. The van der Waals surface area contributed by atoms with Crippen molar-refractivity contribution < 1.29 is 18.8 Å². The van der Waals surface area contributed by atoms with Gasteiger partial charge in [-0.05, 0) is 39.7 Å². The quantitative estimate of drug-likeness (QED) is 0.671. The number of Topliss-reactive ketones (excluding diaryl/α,β-unsaturated/α-hetero) is 1. The van der Waals surface area contributed by atoms with Crippen molar-refractivity contribution in [2.45, 2.75) is 39.7 Å². The van der Waals surface area contributed by atoms with Gasteiger partial charge >= 0.3 is 5.97 Å². The molecule has 0 radical (unpaired) electrons. The van der Waals surface area contributed by atoms with Gasteiger partial charge in [0, 0.05) is 23.0 Å². The zero-order valence-corrected chi connectivity index (χ0v) is 13.4. The summed E-state index contributed by atoms with van der Waals surface area (Å²) in [7, 11) is 0. The maximum atomic E-state index is 12.4. The first kappa shape index (κ1) is 15.3. The lowest BCUT2D eigenvalue weighted by molar-refractivity contribution is 0.0474. The van der Waals surface area contributed by atoms with Crippen molar-refractivity contribution in [3.8, 4) is 0 Å². The Morgan fingerprint density at radius 2 is 2.09 bits per heavy atom. The number of carbonyl (C=O) groups is 2. The van der Waals surface area contributed by atoms with E-state index >= 15 is 0 Å². The summed E-state index contributed by atoms with van der Waals surface area (Å²) in [6, 6.07) is 2.35. The average molecular weight is 317 g/mol. The fourth-order valence-corrected chi connectivity index (χ4v) is 2.87. The number of ketones is 1. The Bertz CT molecular complexity index is 764. The highest BCUT2D eigenvalue weighted by Crippen LogP contribution is 2.38. The fraction of sp³-hybridized carbons (Fsp3) is 0.438. The minimum atomic E-state index is -0.703. The zero-order chi connectivity index (χ0) is 16.7. The molecule has 2 heterocycles. The standard InChI is InChI=1S/C16H19N3O4/c1-8-6-12(10(3)19(8)11-4-5-11)13(20)7-22-16(21)14-9(2)18-23-15(14)17/h6,11H,4-5,7,17H2,1-3H3. The van der Waals surface area contributed by atoms with E-state index < -0.39 is 5.97 Å². The highest BCUT2D eigenvalue weighted by Gasteiger charge is 2.29. The van der Waals surface area contributed by atoms with E-state index in [1.807, 2.05) is 19.9 Å². The first-order valence-corrected chi connectivity index (χ1v) is 7.50. The summed E-state index contributed by atoms with van der Waals surface area (Å²) in [6.45, 7) is 5.15. The van der Waals surface area contributed by atoms with Gasteiger partial charge in [0.2, 0.25) is 11.7 Å². The molecule has 1 saturated carbocycles. The van der Waals surface area contributed by atoms with Gasteiger partial charge in [0.05, 0.1) is 5.69 Å². The average Bonchev–Trinajstić information content (AvgIpc) is 3.21. The molecule has 0 aromatic carbocycles. The number of rotatable bonds is 5. The second-order valence-electron chi connectivity index (χ2n) is 5.89. The van der Waals surface area contributed by atoms with Crippen LogP contribution in [0.4, 0.5) is 5.88 Å². The molecule has 3 rings (SSSR count). The van der Waals surface area contributed by atoms with Crippen LogP contribution in [-0.4, -0.2) is 28.1 Å². The van der Waals surface area contributed by atoms with Crippen molar-refractivity contribution in [2.75, 3.05) is 12.3 Å². The summed E-state index contributed by atoms with van der Waals surface area (Å²) in [6.07, 6.45) is 2.29. The van der Waals surface area contributed by atoms with Crippen molar-refractivity contribution in [3.05, 3.63) is 34.3 Å². The Morgan fingerprint density at radius 1 is 1.39 bits per heavy atom. The normalized spacial score (nSPS) is 14.0. The lowest BCUT2D eigenvalue weighted by Crippen LogP contribution is -2.16. The number of aryl methyl sites for hydroxylation is 2. The lowest BCUT2D eigenvalue weighted by atomic mass is 10.1. The largest absolute Gasteiger partial charge is 0.453 e. The number of nitrogen functional groups attached to an aromatic ring is 1. The van der Waals surface area contributed by atoms with E-state index in [0.29, 0.717) is 17.3 Å². The number of carbonyl (C=O) groups excluding carboxylic acids is 2. The van der Waals surface area contributed by atoms with Gasteiger partial charge in [0.25, 0.3) is 0 Å². The predicted molar refractivity (Wildman–Crippen MR) is 82.4 cm³/mol. The molecule has 122 valence electrons. The molecular formula is C16H19N3O4. The van der Waals surface area contributed by atoms with Crippen LogP contribution in [0, 0.1) is 20.8 Å². The molecule has 2 aromatic heterocycles. The molecule has 0 bridgehead atoms. The number of nitrogens with zero attached hydrogens (tertiary/aromatic N) is 2. The fourth-order valence-electron chi connectivity index (χ4n) is 2.87. The van der Waals surface area contributed by atoms with E-state index in [9.17, 15) is 9.59 Å². The molecule has 0 aliphatic heterocycles. The van der Waals surface area contributed by atoms with Crippen molar-refractivity contribution in [1.29, 1.82) is 0 Å². The number of hydrogen-bond acceptors (Lipinski definition) is 6. The van der Waals surface area contributed by atoms with Crippen molar-refractivity contribution in [1.82, 2.24) is 9.72 Å². The molecule has 1 aliphatic carbocycles. The van der Waals surface area contributed by atoms with Gasteiger partial charge in [0.15, 0.2) is 6.61 Å². The van der Waals surface area contributed by atoms with Crippen LogP contribution in [0.3, 0.4) is 0 Å². The molecule has 23 heavy (non-hydrogen) atoms. The van der Waals surface area contributed by atoms with Crippen LogP contribution in [0.5, 0.6) is 0 Å². The van der Waals surface area contributed by atoms with Crippen LogP contribution in [0.2, 0.25) is 0 Å². The summed E-state index contributed by atoms with van der Waals surface area (Å²) in [5.74, 6) is -1.04. The maximum absolute atomic E-state index is 12.4. The SMILES string of the molecule is Cc1noc(N)c1C(=O)OCC(=O)c1cc(C)n(C2CC2)c1C. The molecule has 0 atom stereocenters. The van der Waals surface area contributed by atoms with Crippen LogP contribution in [-0.2, 0) is 4.74 Å². The van der Waals surface area contributed by atoms with Gasteiger partial charge in [-0.25, -0.2) is 4.79 Å². The van der Waals surface area contributed by atoms with Crippen LogP contribution in [0.25, 0.3) is 0 Å². The highest BCUT2D eigenvalue weighted by molar-refractivity contribution is 6.01. The van der Waals surface area contributed by atoms with E-state index in [0.717, 1.165) is 24.2 Å². The Balaban J connectivity index is 1.71. The molecule has 1 aliphatic rings. The molecular weight excluding hydrogens is 298 g/mol. The first-order valence-electron chi connectivity index (χ1n) is 7.50. The van der Waals surface area contributed by atoms with Gasteiger partial charge in [0.1, 0.15) is 5.56 Å². The molecule has 2 N–H and O–H groups in total. The minimum Gasteiger partial charge on any atom is -0.453 e. The Labute approximate surface area is 133 Å². The first-order chi connectivity index (χ1) is 10.9. The van der Waals surface area contributed by atoms with Gasteiger partial charge < -0.3 is 19.6 Å². The maximum Gasteiger partial charge on any atom is 0.346 e. The Hall–Kier alpha value is -2.57. The number of anilines is 1. The van der Waals surface area contributed by atoms with Crippen LogP contribution in [0.1, 0.15) is 56.7 Å². The number of ether oxygens (including phenoxy) is 1. The van der Waals surface area contributed by atoms with Gasteiger partial charge in [-0.1, -0.05) is 5.16 Å². The number of aromatic nitrogens is 2. The van der Waals surface area contributed by atoms with Crippen LogP contribution >= 0.6 is 0 Å². The van der Waals surface area contributed by atoms with Crippen molar-refractivity contribution in [3.63, 3.8) is 0 Å². The second kappa shape index (κ2) is 5.57. The summed E-state index contributed by atoms with van der Waals surface area (Å²) >= 11 is 0. The predicted octanol–water partition coefficient (Wildman–Crippen LogP) is 2.36. The Morgan fingerprint density at radius 3 is 2.65 bits per heavy atom.